The van der Waals surface area contributed by atoms with Crippen LogP contribution in [0.25, 0.3) is 11.1 Å². The van der Waals surface area contributed by atoms with Crippen molar-refractivity contribution >= 4 is 6.09 Å². The van der Waals surface area contributed by atoms with Crippen LogP contribution in [0.5, 0.6) is 28.7 Å². The molecule has 2 aliphatic rings. The van der Waals surface area contributed by atoms with Gasteiger partial charge in [0.2, 0.25) is 5.75 Å². The number of hydrogen-bond acceptors (Lipinski definition) is 7. The van der Waals surface area contributed by atoms with Gasteiger partial charge in [0.25, 0.3) is 0 Å². The average molecular weight is 429 g/mol. The molecule has 1 aliphatic carbocycles. The number of nitrogens with zero attached hydrogens (tertiary/aromatic N) is 1. The van der Waals surface area contributed by atoms with Crippen molar-refractivity contribution in [2.45, 2.75) is 18.9 Å². The van der Waals surface area contributed by atoms with Gasteiger partial charge < -0.3 is 33.3 Å². The highest BCUT2D eigenvalue weighted by Gasteiger charge is 2.42. The Balaban J connectivity index is 2.10. The second-order valence-corrected chi connectivity index (χ2v) is 7.36. The minimum absolute atomic E-state index is 0.231. The maximum atomic E-state index is 12.6. The predicted molar refractivity (Wildman–Crippen MR) is 114 cm³/mol. The quantitative estimate of drug-likeness (QED) is 0.719. The number of hydrogen-bond donors (Lipinski definition) is 0. The summed E-state index contributed by atoms with van der Waals surface area (Å²) in [7, 11) is 9.43. The molecule has 166 valence electrons. The van der Waals surface area contributed by atoms with Gasteiger partial charge in [0.15, 0.2) is 23.0 Å². The third-order valence-electron chi connectivity index (χ3n) is 6.13. The van der Waals surface area contributed by atoms with Crippen LogP contribution in [0, 0.1) is 0 Å². The highest BCUT2D eigenvalue weighted by Crippen LogP contribution is 2.58. The molecule has 2 aromatic carbocycles. The van der Waals surface area contributed by atoms with Gasteiger partial charge in [-0.05, 0) is 41.7 Å². The third kappa shape index (κ3) is 3.00. The number of amides is 1. The lowest BCUT2D eigenvalue weighted by atomic mass is 9.76. The van der Waals surface area contributed by atoms with Gasteiger partial charge in [-0.3, -0.25) is 0 Å². The lowest BCUT2D eigenvalue weighted by Gasteiger charge is -2.42. The van der Waals surface area contributed by atoms with Crippen LogP contribution in [0.2, 0.25) is 0 Å². The van der Waals surface area contributed by atoms with Gasteiger partial charge >= 0.3 is 6.09 Å². The van der Waals surface area contributed by atoms with Gasteiger partial charge in [-0.2, -0.15) is 0 Å². The van der Waals surface area contributed by atoms with Gasteiger partial charge in [-0.15, -0.1) is 0 Å². The van der Waals surface area contributed by atoms with Crippen molar-refractivity contribution in [1.82, 2.24) is 4.90 Å². The molecule has 0 aromatic heterocycles. The van der Waals surface area contributed by atoms with Crippen LogP contribution in [-0.4, -0.2) is 60.2 Å². The second kappa shape index (κ2) is 8.09. The molecule has 1 aliphatic heterocycles. The summed E-state index contributed by atoms with van der Waals surface area (Å²) in [5.41, 5.74) is 4.85. The molecule has 0 bridgehead atoms. The molecule has 2 aromatic rings. The largest absolute Gasteiger partial charge is 0.493 e. The molecule has 0 saturated carbocycles. The minimum Gasteiger partial charge on any atom is -0.493 e. The number of ether oxygens (including phenoxy) is 6. The molecule has 0 unspecified atom stereocenters. The summed E-state index contributed by atoms with van der Waals surface area (Å²) >= 11 is 0. The highest BCUT2D eigenvalue weighted by molar-refractivity contribution is 5.88. The maximum Gasteiger partial charge on any atom is 0.410 e. The van der Waals surface area contributed by atoms with E-state index >= 15 is 0 Å². The summed E-state index contributed by atoms with van der Waals surface area (Å²) in [6.07, 6.45) is 0.850. The molecule has 0 fully saturated rings. The zero-order chi connectivity index (χ0) is 22.3. The summed E-state index contributed by atoms with van der Waals surface area (Å²) in [5, 5.41) is 0. The number of rotatable bonds is 5. The summed E-state index contributed by atoms with van der Waals surface area (Å²) in [6, 6.07) is 3.67. The molecule has 8 nitrogen and oxygen atoms in total. The normalized spacial score (nSPS) is 16.1. The van der Waals surface area contributed by atoms with Gasteiger partial charge in [0.1, 0.15) is 0 Å². The summed E-state index contributed by atoms with van der Waals surface area (Å²) < 4.78 is 33.5. The zero-order valence-corrected chi connectivity index (χ0v) is 18.7. The summed E-state index contributed by atoms with van der Waals surface area (Å²) in [4.78, 5) is 14.4. The number of benzene rings is 2. The Kier molecular flexibility index (Phi) is 5.47. The number of carbonyl (C=O) groups excluding carboxylic acids is 1. The molecule has 0 saturated heterocycles. The fourth-order valence-corrected chi connectivity index (χ4v) is 4.85. The minimum atomic E-state index is -0.362. The van der Waals surface area contributed by atoms with E-state index in [2.05, 4.69) is 0 Å². The van der Waals surface area contributed by atoms with Gasteiger partial charge in [-0.25, -0.2) is 4.79 Å². The zero-order valence-electron chi connectivity index (χ0n) is 18.7. The number of methoxy groups -OCH3 is 6. The molecule has 1 heterocycles. The van der Waals surface area contributed by atoms with Crippen LogP contribution in [0.1, 0.15) is 22.7 Å². The fraction of sp³-hybridized carbons (Fsp3) is 0.435. The van der Waals surface area contributed by atoms with Crippen molar-refractivity contribution in [2.24, 2.45) is 0 Å². The van der Waals surface area contributed by atoms with Crippen LogP contribution < -0.4 is 23.7 Å². The topological polar surface area (TPSA) is 75.7 Å². The fourth-order valence-electron chi connectivity index (χ4n) is 4.85. The first-order valence-electron chi connectivity index (χ1n) is 9.99. The van der Waals surface area contributed by atoms with E-state index in [4.69, 9.17) is 28.4 Å². The van der Waals surface area contributed by atoms with Crippen LogP contribution in [-0.2, 0) is 17.6 Å². The Morgan fingerprint density at radius 1 is 0.871 bits per heavy atom. The first-order chi connectivity index (χ1) is 15.0. The van der Waals surface area contributed by atoms with E-state index in [1.54, 1.807) is 40.4 Å². The highest BCUT2D eigenvalue weighted by atomic mass is 16.5. The van der Waals surface area contributed by atoms with E-state index in [9.17, 15) is 4.79 Å². The van der Waals surface area contributed by atoms with Crippen molar-refractivity contribution in [3.05, 3.63) is 28.8 Å². The predicted octanol–water partition coefficient (Wildman–Crippen LogP) is 3.62. The van der Waals surface area contributed by atoms with Crippen LogP contribution in [0.3, 0.4) is 0 Å². The van der Waals surface area contributed by atoms with Gasteiger partial charge in [-0.1, -0.05) is 0 Å². The van der Waals surface area contributed by atoms with Gasteiger partial charge in [0.05, 0.1) is 48.7 Å². The van der Waals surface area contributed by atoms with Crippen LogP contribution >= 0.6 is 0 Å². The molecule has 1 amide bonds. The monoisotopic (exact) mass is 429 g/mol. The first kappa shape index (κ1) is 21.0. The Bertz CT molecular complexity index is 1030. The molecular weight excluding hydrogens is 402 g/mol. The average Bonchev–Trinajstić information content (AvgIpc) is 2.81. The van der Waals surface area contributed by atoms with E-state index in [0.29, 0.717) is 48.1 Å². The Morgan fingerprint density at radius 3 is 2.10 bits per heavy atom. The first-order valence-corrected chi connectivity index (χ1v) is 9.99. The van der Waals surface area contributed by atoms with E-state index in [-0.39, 0.29) is 12.1 Å². The van der Waals surface area contributed by atoms with Gasteiger partial charge in [0, 0.05) is 17.7 Å². The molecule has 1 atom stereocenters. The Hall–Kier alpha value is -3.29. The molecule has 0 N–H and O–H groups in total. The number of carbonyl (C=O) groups is 1. The standard InChI is InChI=1S/C23H27NO7/c1-26-16-10-12-9-15-18-13(7-8-24(15)23(25)31-6)20(28-3)22(30-5)21(29-4)19(18)14(12)11-17(16)27-2/h10-11,15H,7-9H2,1-6H3/t15-/m0/s1. The van der Waals surface area contributed by atoms with Crippen molar-refractivity contribution < 1.29 is 33.2 Å². The van der Waals surface area contributed by atoms with Crippen LogP contribution in [0.15, 0.2) is 12.1 Å². The molecule has 31 heavy (non-hydrogen) atoms. The molecule has 8 heteroatoms. The molecule has 0 spiro atoms. The molecule has 0 radical (unpaired) electrons. The van der Waals surface area contributed by atoms with Crippen LogP contribution in [0.4, 0.5) is 4.79 Å². The van der Waals surface area contributed by atoms with Crippen molar-refractivity contribution in [3.8, 4) is 39.9 Å². The number of fused-ring (bicyclic) bond motifs is 2. The summed E-state index contributed by atoms with van der Waals surface area (Å²) in [5.74, 6) is 2.97. The van der Waals surface area contributed by atoms with E-state index in [0.717, 1.165) is 27.8 Å². The van der Waals surface area contributed by atoms with Crippen molar-refractivity contribution in [3.63, 3.8) is 0 Å². The SMILES string of the molecule is COC(=O)N1CCc2c(OC)c(OC)c(OC)c3c2[C@@H]1Cc1cc(OC)c(OC)cc1-3. The second-order valence-electron chi connectivity index (χ2n) is 7.36. The lowest BCUT2D eigenvalue weighted by Crippen LogP contribution is -2.42. The molecule has 4 rings (SSSR count). The Morgan fingerprint density at radius 2 is 1.52 bits per heavy atom. The van der Waals surface area contributed by atoms with Crippen molar-refractivity contribution in [1.29, 1.82) is 0 Å². The van der Waals surface area contributed by atoms with E-state index < -0.39 is 0 Å². The Labute approximate surface area is 181 Å². The lowest BCUT2D eigenvalue weighted by molar-refractivity contribution is 0.0997. The van der Waals surface area contributed by atoms with E-state index in [1.165, 1.54) is 7.11 Å². The maximum absolute atomic E-state index is 12.6. The smallest absolute Gasteiger partial charge is 0.410 e. The summed E-state index contributed by atoms with van der Waals surface area (Å²) in [6.45, 7) is 0.512. The third-order valence-corrected chi connectivity index (χ3v) is 6.13. The van der Waals surface area contributed by atoms with Crippen molar-refractivity contribution in [2.75, 3.05) is 49.2 Å². The molecular formula is C23H27NO7. The van der Waals surface area contributed by atoms with E-state index in [1.807, 2.05) is 12.1 Å².